The summed E-state index contributed by atoms with van der Waals surface area (Å²) in [6.07, 6.45) is -2.94. The van der Waals surface area contributed by atoms with Gasteiger partial charge >= 0.3 is 0 Å². The average molecular weight is 298 g/mol. The smallest absolute Gasteiger partial charge is 0.252 e. The van der Waals surface area contributed by atoms with E-state index in [2.05, 4.69) is 0 Å². The van der Waals surface area contributed by atoms with Crippen LogP contribution in [0.25, 0.3) is 0 Å². The molecule has 0 saturated carbocycles. The number of sulfonamides is 1. The third-order valence-corrected chi connectivity index (χ3v) is 4.14. The van der Waals surface area contributed by atoms with Gasteiger partial charge in [-0.2, -0.15) is 4.31 Å². The minimum Gasteiger partial charge on any atom is -0.399 e. The van der Waals surface area contributed by atoms with Gasteiger partial charge in [-0.3, -0.25) is 0 Å². The second-order valence-corrected chi connectivity index (χ2v) is 5.57. The van der Waals surface area contributed by atoms with Crippen molar-refractivity contribution in [2.75, 3.05) is 25.4 Å². The normalized spacial score (nSPS) is 12.3. The fourth-order valence-corrected chi connectivity index (χ4v) is 2.94. The Morgan fingerprint density at radius 3 is 2.53 bits per heavy atom. The van der Waals surface area contributed by atoms with E-state index < -0.39 is 46.9 Å². The van der Waals surface area contributed by atoms with E-state index in [1.54, 1.807) is 0 Å². The zero-order valence-electron chi connectivity index (χ0n) is 9.76. The van der Waals surface area contributed by atoms with Gasteiger partial charge in [0.1, 0.15) is 10.7 Å². The summed E-state index contributed by atoms with van der Waals surface area (Å²) in [4.78, 5) is -0.790. The number of aliphatic hydroxyl groups is 1. The lowest BCUT2D eigenvalue weighted by molar-refractivity contribution is 0.113. The second kappa shape index (κ2) is 6.22. The summed E-state index contributed by atoms with van der Waals surface area (Å²) in [6.45, 7) is -2.34. The molecule has 0 fully saturated rings. The lowest BCUT2D eigenvalue weighted by Crippen LogP contribution is -2.37. The number of hydrogen-bond acceptors (Lipinski definition) is 4. The third kappa shape index (κ3) is 3.82. The standard InChI is InChI=1S/C10H13F3N2O3S/c11-8-2-1-7(14)5-9(8)19(17,18)15(3-4-16)6-10(12)13/h1-2,5,10,16H,3-4,6,14H2. The van der Waals surface area contributed by atoms with Gasteiger partial charge in [0.05, 0.1) is 13.2 Å². The number of nitrogens with zero attached hydrogens (tertiary/aromatic N) is 1. The molecular formula is C10H13F3N2O3S. The van der Waals surface area contributed by atoms with Crippen LogP contribution in [0.15, 0.2) is 23.1 Å². The highest BCUT2D eigenvalue weighted by Crippen LogP contribution is 2.22. The molecule has 0 atom stereocenters. The van der Waals surface area contributed by atoms with Crippen molar-refractivity contribution in [3.63, 3.8) is 0 Å². The van der Waals surface area contributed by atoms with E-state index in [4.69, 9.17) is 10.8 Å². The Bertz CT molecular complexity index is 537. The number of nitrogens with two attached hydrogens (primary N) is 1. The van der Waals surface area contributed by atoms with Crippen molar-refractivity contribution in [1.82, 2.24) is 4.31 Å². The Labute approximate surface area is 108 Å². The molecule has 1 aromatic carbocycles. The monoisotopic (exact) mass is 298 g/mol. The predicted octanol–water partition coefficient (Wildman–Crippen LogP) is 0.656. The van der Waals surface area contributed by atoms with Gasteiger partial charge in [0.2, 0.25) is 10.0 Å². The minimum absolute atomic E-state index is 0.0130. The Morgan fingerprint density at radius 2 is 2.00 bits per heavy atom. The van der Waals surface area contributed by atoms with Gasteiger partial charge in [0.25, 0.3) is 6.43 Å². The zero-order valence-corrected chi connectivity index (χ0v) is 10.6. The molecule has 9 heteroatoms. The molecule has 0 bridgehead atoms. The fraction of sp³-hybridized carbons (Fsp3) is 0.400. The van der Waals surface area contributed by atoms with Crippen LogP contribution in [0.3, 0.4) is 0 Å². The van der Waals surface area contributed by atoms with Crippen molar-refractivity contribution in [1.29, 1.82) is 0 Å². The number of hydrogen-bond donors (Lipinski definition) is 2. The highest BCUT2D eigenvalue weighted by molar-refractivity contribution is 7.89. The summed E-state index contributed by atoms with van der Waals surface area (Å²) in [5.74, 6) is -1.09. The summed E-state index contributed by atoms with van der Waals surface area (Å²) < 4.78 is 62.5. The molecule has 1 rings (SSSR count). The van der Waals surface area contributed by atoms with Crippen molar-refractivity contribution < 1.29 is 26.7 Å². The summed E-state index contributed by atoms with van der Waals surface area (Å²) in [5.41, 5.74) is 5.34. The van der Waals surface area contributed by atoms with Crippen LogP contribution in [-0.4, -0.2) is 44.0 Å². The largest absolute Gasteiger partial charge is 0.399 e. The molecule has 5 nitrogen and oxygen atoms in total. The minimum atomic E-state index is -4.47. The van der Waals surface area contributed by atoms with E-state index in [0.717, 1.165) is 18.2 Å². The molecule has 0 aromatic heterocycles. The van der Waals surface area contributed by atoms with Gasteiger partial charge in [-0.05, 0) is 18.2 Å². The molecule has 0 radical (unpaired) electrons. The summed E-state index contributed by atoms with van der Waals surface area (Å²) in [5, 5.41) is 8.71. The maximum Gasteiger partial charge on any atom is 0.252 e. The van der Waals surface area contributed by atoms with E-state index in [-0.39, 0.29) is 5.69 Å². The van der Waals surface area contributed by atoms with Crippen molar-refractivity contribution in [3.05, 3.63) is 24.0 Å². The van der Waals surface area contributed by atoms with Crippen molar-refractivity contribution >= 4 is 15.7 Å². The van der Waals surface area contributed by atoms with E-state index in [1.807, 2.05) is 0 Å². The third-order valence-electron chi connectivity index (χ3n) is 2.26. The van der Waals surface area contributed by atoms with Gasteiger partial charge in [-0.25, -0.2) is 21.6 Å². The highest BCUT2D eigenvalue weighted by atomic mass is 32.2. The number of anilines is 1. The first kappa shape index (κ1) is 15.7. The van der Waals surface area contributed by atoms with Gasteiger partial charge in [-0.1, -0.05) is 0 Å². The molecule has 0 amide bonds. The molecule has 108 valence electrons. The highest BCUT2D eigenvalue weighted by Gasteiger charge is 2.29. The van der Waals surface area contributed by atoms with E-state index in [1.165, 1.54) is 0 Å². The number of halogens is 3. The van der Waals surface area contributed by atoms with Crippen LogP contribution in [0.5, 0.6) is 0 Å². The summed E-state index contributed by atoms with van der Waals surface area (Å²) in [6, 6.07) is 2.83. The van der Waals surface area contributed by atoms with Crippen LogP contribution in [0, 0.1) is 5.82 Å². The molecule has 0 aliphatic carbocycles. The van der Waals surface area contributed by atoms with Crippen molar-refractivity contribution in [2.45, 2.75) is 11.3 Å². The van der Waals surface area contributed by atoms with E-state index >= 15 is 0 Å². The molecular weight excluding hydrogens is 285 g/mol. The predicted molar refractivity (Wildman–Crippen MR) is 62.7 cm³/mol. The molecule has 0 unspecified atom stereocenters. The van der Waals surface area contributed by atoms with Crippen LogP contribution in [0.1, 0.15) is 0 Å². The summed E-state index contributed by atoms with van der Waals surface area (Å²) in [7, 11) is -4.47. The zero-order chi connectivity index (χ0) is 14.6. The number of rotatable bonds is 6. The van der Waals surface area contributed by atoms with Gasteiger partial charge < -0.3 is 10.8 Å². The molecule has 1 aromatic rings. The number of nitrogen functional groups attached to an aromatic ring is 1. The van der Waals surface area contributed by atoms with Gasteiger partial charge in [-0.15, -0.1) is 0 Å². The molecule has 0 saturated heterocycles. The van der Waals surface area contributed by atoms with E-state index in [0.29, 0.717) is 4.31 Å². The molecule has 0 aliphatic rings. The fourth-order valence-electron chi connectivity index (χ4n) is 1.43. The first-order chi connectivity index (χ1) is 8.78. The van der Waals surface area contributed by atoms with Crippen LogP contribution in [0.4, 0.5) is 18.9 Å². The Kier molecular flexibility index (Phi) is 5.15. The Morgan fingerprint density at radius 1 is 1.37 bits per heavy atom. The molecule has 0 spiro atoms. The number of alkyl halides is 2. The Balaban J connectivity index is 3.22. The molecule has 3 N–H and O–H groups in total. The van der Waals surface area contributed by atoms with Crippen LogP contribution in [0.2, 0.25) is 0 Å². The number of aliphatic hydroxyl groups excluding tert-OH is 1. The van der Waals surface area contributed by atoms with Crippen LogP contribution < -0.4 is 5.73 Å². The molecule has 0 heterocycles. The maximum absolute atomic E-state index is 13.5. The SMILES string of the molecule is Nc1ccc(F)c(S(=O)(=O)N(CCO)CC(F)F)c1. The summed E-state index contributed by atoms with van der Waals surface area (Å²) >= 11 is 0. The topological polar surface area (TPSA) is 83.6 Å². The molecule has 19 heavy (non-hydrogen) atoms. The lowest BCUT2D eigenvalue weighted by atomic mass is 10.3. The lowest BCUT2D eigenvalue weighted by Gasteiger charge is -2.21. The first-order valence-corrected chi connectivity index (χ1v) is 6.67. The van der Waals surface area contributed by atoms with Crippen molar-refractivity contribution in [3.8, 4) is 0 Å². The second-order valence-electron chi connectivity index (χ2n) is 3.67. The van der Waals surface area contributed by atoms with Gasteiger partial charge in [0.15, 0.2) is 0 Å². The van der Waals surface area contributed by atoms with Crippen molar-refractivity contribution in [2.24, 2.45) is 0 Å². The first-order valence-electron chi connectivity index (χ1n) is 5.23. The number of benzene rings is 1. The average Bonchev–Trinajstić information content (AvgIpc) is 2.31. The van der Waals surface area contributed by atoms with Crippen LogP contribution in [-0.2, 0) is 10.0 Å². The van der Waals surface area contributed by atoms with Crippen LogP contribution >= 0.6 is 0 Å². The maximum atomic E-state index is 13.5. The quantitative estimate of drug-likeness (QED) is 0.756. The van der Waals surface area contributed by atoms with E-state index in [9.17, 15) is 21.6 Å². The van der Waals surface area contributed by atoms with Gasteiger partial charge in [0, 0.05) is 12.2 Å². The Hall–Kier alpha value is -1.32. The molecule has 0 aliphatic heterocycles.